The normalized spacial score (nSPS) is 10.9. The number of carbonyl (C=O) groups excluding carboxylic acids is 1. The van der Waals surface area contributed by atoms with Gasteiger partial charge < -0.3 is 18.5 Å². The summed E-state index contributed by atoms with van der Waals surface area (Å²) in [5.41, 5.74) is 3.44. The minimum absolute atomic E-state index is 0.0609. The molecule has 4 aromatic rings. The fraction of sp³-hybridized carbons (Fsp3) is 0.238. The Morgan fingerprint density at radius 2 is 1.90 bits per heavy atom. The lowest BCUT2D eigenvalue weighted by molar-refractivity contribution is -0.144. The molecule has 0 aliphatic rings. The van der Waals surface area contributed by atoms with Crippen LogP contribution in [0.15, 0.2) is 50.1 Å². The number of carbonyl (C=O) groups is 1. The van der Waals surface area contributed by atoms with Gasteiger partial charge in [0.2, 0.25) is 5.82 Å². The van der Waals surface area contributed by atoms with Gasteiger partial charge in [0.1, 0.15) is 18.1 Å². The summed E-state index contributed by atoms with van der Waals surface area (Å²) in [7, 11) is 0. The van der Waals surface area contributed by atoms with Crippen LogP contribution in [-0.2, 0) is 29.2 Å². The summed E-state index contributed by atoms with van der Waals surface area (Å²) >= 11 is 1.54. The molecule has 8 nitrogen and oxygen atoms in total. The summed E-state index contributed by atoms with van der Waals surface area (Å²) in [6.07, 6.45) is 0.135. The molecular formula is C21H19N3O5S. The number of aromatic nitrogens is 3. The first kappa shape index (κ1) is 19.8. The second-order valence-corrected chi connectivity index (χ2v) is 7.38. The molecule has 0 bridgehead atoms. The zero-order chi connectivity index (χ0) is 20.9. The molecule has 0 saturated heterocycles. The molecule has 0 atom stereocenters. The van der Waals surface area contributed by atoms with E-state index in [-0.39, 0.29) is 24.9 Å². The van der Waals surface area contributed by atoms with Crippen molar-refractivity contribution in [1.29, 1.82) is 0 Å². The lowest BCUT2D eigenvalue weighted by Crippen LogP contribution is -2.08. The Morgan fingerprint density at radius 3 is 2.60 bits per heavy atom. The summed E-state index contributed by atoms with van der Waals surface area (Å²) in [4.78, 5) is 16.3. The highest BCUT2D eigenvalue weighted by atomic mass is 32.1. The van der Waals surface area contributed by atoms with E-state index in [0.717, 1.165) is 28.1 Å². The number of esters is 1. The van der Waals surface area contributed by atoms with Gasteiger partial charge in [-0.3, -0.25) is 4.79 Å². The van der Waals surface area contributed by atoms with E-state index in [0.29, 0.717) is 18.2 Å². The molecule has 154 valence electrons. The molecular weight excluding hydrogens is 406 g/mol. The largest absolute Gasteiger partial charge is 0.489 e. The topological polar surface area (TPSA) is 100 Å². The standard InChI is InChI=1S/C21H19N3O5S/c1-13-18(14(2)28-23-13)10-26-17-5-3-15(4-6-17)9-20(25)27-11-19-22-21(24-29-19)16-7-8-30-12-16/h3-8,12H,9-11H2,1-2H3. The van der Waals surface area contributed by atoms with E-state index < -0.39 is 0 Å². The molecule has 0 unspecified atom stereocenters. The van der Waals surface area contributed by atoms with E-state index in [9.17, 15) is 4.79 Å². The van der Waals surface area contributed by atoms with E-state index in [1.54, 1.807) is 11.3 Å². The van der Waals surface area contributed by atoms with Crippen molar-refractivity contribution in [3.63, 3.8) is 0 Å². The first-order valence-corrected chi connectivity index (χ1v) is 10.2. The van der Waals surface area contributed by atoms with E-state index in [2.05, 4.69) is 15.3 Å². The number of hydrogen-bond donors (Lipinski definition) is 0. The molecule has 30 heavy (non-hydrogen) atoms. The van der Waals surface area contributed by atoms with Gasteiger partial charge in [0.25, 0.3) is 5.89 Å². The van der Waals surface area contributed by atoms with Crippen molar-refractivity contribution in [2.24, 2.45) is 0 Å². The third kappa shape index (κ3) is 4.74. The molecule has 0 spiro atoms. The number of ether oxygens (including phenoxy) is 2. The lowest BCUT2D eigenvalue weighted by atomic mass is 10.1. The molecule has 3 heterocycles. The molecule has 4 rings (SSSR count). The van der Waals surface area contributed by atoms with E-state index in [4.69, 9.17) is 18.5 Å². The van der Waals surface area contributed by atoms with Crippen LogP contribution in [-0.4, -0.2) is 21.3 Å². The van der Waals surface area contributed by atoms with Crippen LogP contribution in [0.25, 0.3) is 11.4 Å². The third-order valence-corrected chi connectivity index (χ3v) is 5.12. The smallest absolute Gasteiger partial charge is 0.310 e. The Morgan fingerprint density at radius 1 is 1.07 bits per heavy atom. The molecule has 0 saturated carbocycles. The maximum Gasteiger partial charge on any atom is 0.310 e. The average Bonchev–Trinajstić information content (AvgIpc) is 3.48. The molecule has 0 radical (unpaired) electrons. The van der Waals surface area contributed by atoms with Crippen molar-refractivity contribution in [2.75, 3.05) is 0 Å². The summed E-state index contributed by atoms with van der Waals surface area (Å²) < 4.78 is 21.2. The van der Waals surface area contributed by atoms with Crippen molar-refractivity contribution in [2.45, 2.75) is 33.5 Å². The van der Waals surface area contributed by atoms with Gasteiger partial charge >= 0.3 is 5.97 Å². The first-order chi connectivity index (χ1) is 14.6. The SMILES string of the molecule is Cc1noc(C)c1COc1ccc(CC(=O)OCc2nc(-c3ccsc3)no2)cc1. The molecule has 1 aromatic carbocycles. The maximum atomic E-state index is 12.1. The molecule has 3 aromatic heterocycles. The van der Waals surface area contributed by atoms with Crippen molar-refractivity contribution in [1.82, 2.24) is 15.3 Å². The summed E-state index contributed by atoms with van der Waals surface area (Å²) in [6.45, 7) is 4.04. The highest BCUT2D eigenvalue weighted by molar-refractivity contribution is 7.08. The van der Waals surface area contributed by atoms with Crippen molar-refractivity contribution in [3.05, 3.63) is 69.6 Å². The Labute approximate surface area is 176 Å². The molecule has 9 heteroatoms. The van der Waals surface area contributed by atoms with E-state index in [1.165, 1.54) is 0 Å². The highest BCUT2D eigenvalue weighted by Gasteiger charge is 2.13. The molecule has 0 N–H and O–H groups in total. The second-order valence-electron chi connectivity index (χ2n) is 6.60. The summed E-state index contributed by atoms with van der Waals surface area (Å²) in [6, 6.07) is 9.17. The number of hydrogen-bond acceptors (Lipinski definition) is 9. The van der Waals surface area contributed by atoms with Crippen LogP contribution in [0.5, 0.6) is 5.75 Å². The van der Waals surface area contributed by atoms with Gasteiger partial charge in [-0.15, -0.1) is 0 Å². The number of aryl methyl sites for hydroxylation is 2. The quantitative estimate of drug-likeness (QED) is 0.386. The fourth-order valence-electron chi connectivity index (χ4n) is 2.75. The van der Waals surface area contributed by atoms with Gasteiger partial charge in [0.05, 0.1) is 17.7 Å². The van der Waals surface area contributed by atoms with Crippen LogP contribution >= 0.6 is 11.3 Å². The Bertz CT molecular complexity index is 1100. The van der Waals surface area contributed by atoms with Crippen LogP contribution < -0.4 is 4.74 Å². The average molecular weight is 425 g/mol. The Kier molecular flexibility index (Phi) is 5.89. The van der Waals surface area contributed by atoms with Crippen molar-refractivity contribution >= 4 is 17.3 Å². The minimum Gasteiger partial charge on any atom is -0.489 e. The number of benzene rings is 1. The van der Waals surface area contributed by atoms with Gasteiger partial charge in [-0.25, -0.2) is 0 Å². The summed E-state index contributed by atoms with van der Waals surface area (Å²) in [5, 5.41) is 11.6. The molecule has 0 aliphatic carbocycles. The van der Waals surface area contributed by atoms with Crippen LogP contribution in [0.3, 0.4) is 0 Å². The van der Waals surface area contributed by atoms with Gasteiger partial charge in [0.15, 0.2) is 6.61 Å². The van der Waals surface area contributed by atoms with Crippen LogP contribution in [0.4, 0.5) is 0 Å². The number of thiophene rings is 1. The fourth-order valence-corrected chi connectivity index (χ4v) is 3.38. The zero-order valence-electron chi connectivity index (χ0n) is 16.5. The lowest BCUT2D eigenvalue weighted by Gasteiger charge is -2.07. The Balaban J connectivity index is 1.25. The summed E-state index contributed by atoms with van der Waals surface area (Å²) in [5.74, 6) is 1.80. The Hall–Kier alpha value is -3.46. The molecule has 0 aliphatic heterocycles. The van der Waals surface area contributed by atoms with Gasteiger partial charge in [-0.1, -0.05) is 22.4 Å². The van der Waals surface area contributed by atoms with Crippen LogP contribution in [0, 0.1) is 13.8 Å². The van der Waals surface area contributed by atoms with Crippen LogP contribution in [0.1, 0.15) is 28.5 Å². The minimum atomic E-state index is -0.380. The van der Waals surface area contributed by atoms with E-state index in [1.807, 2.05) is 54.9 Å². The first-order valence-electron chi connectivity index (χ1n) is 9.23. The van der Waals surface area contributed by atoms with Crippen molar-refractivity contribution < 1.29 is 23.3 Å². The third-order valence-electron chi connectivity index (χ3n) is 4.44. The zero-order valence-corrected chi connectivity index (χ0v) is 17.3. The second kappa shape index (κ2) is 8.91. The maximum absolute atomic E-state index is 12.1. The molecule has 0 fully saturated rings. The van der Waals surface area contributed by atoms with Crippen LogP contribution in [0.2, 0.25) is 0 Å². The van der Waals surface area contributed by atoms with Gasteiger partial charge in [-0.2, -0.15) is 16.3 Å². The van der Waals surface area contributed by atoms with Gasteiger partial charge in [-0.05, 0) is 43.0 Å². The monoisotopic (exact) mass is 425 g/mol. The predicted octanol–water partition coefficient (Wildman–Crippen LogP) is 4.27. The van der Waals surface area contributed by atoms with Gasteiger partial charge in [0, 0.05) is 10.9 Å². The molecule has 0 amide bonds. The number of rotatable bonds is 8. The van der Waals surface area contributed by atoms with Crippen molar-refractivity contribution in [3.8, 4) is 17.1 Å². The predicted molar refractivity (Wildman–Crippen MR) is 108 cm³/mol. The van der Waals surface area contributed by atoms with E-state index >= 15 is 0 Å². The number of nitrogens with zero attached hydrogens (tertiary/aromatic N) is 3. The highest BCUT2D eigenvalue weighted by Crippen LogP contribution is 2.20.